The number of hydrogen-bond acceptors (Lipinski definition) is 4. The van der Waals surface area contributed by atoms with Crippen LogP contribution in [0.25, 0.3) is 16.5 Å². The molecule has 3 aliphatic rings. The fraction of sp³-hybridized carbons (Fsp3) is 0.290. The lowest BCUT2D eigenvalue weighted by Crippen LogP contribution is -2.46. The summed E-state index contributed by atoms with van der Waals surface area (Å²) in [6.07, 6.45) is 9.03. The van der Waals surface area contributed by atoms with Crippen LogP contribution < -0.4 is 10.6 Å². The maximum Gasteiger partial charge on any atom is 0.253 e. The average Bonchev–Trinajstić information content (AvgIpc) is 3.32. The third-order valence-electron chi connectivity index (χ3n) is 7.73. The summed E-state index contributed by atoms with van der Waals surface area (Å²) in [6.45, 7) is 3.28. The predicted octanol–water partition coefficient (Wildman–Crippen LogP) is 5.40. The van der Waals surface area contributed by atoms with Crippen LogP contribution in [0.1, 0.15) is 58.2 Å². The number of benzene rings is 2. The van der Waals surface area contributed by atoms with Crippen LogP contribution in [0.2, 0.25) is 5.02 Å². The van der Waals surface area contributed by atoms with Crippen molar-refractivity contribution in [3.05, 3.63) is 88.1 Å². The van der Waals surface area contributed by atoms with E-state index in [4.69, 9.17) is 16.6 Å². The van der Waals surface area contributed by atoms with E-state index < -0.39 is 0 Å². The van der Waals surface area contributed by atoms with Gasteiger partial charge in [0.15, 0.2) is 0 Å². The van der Waals surface area contributed by atoms with Crippen LogP contribution in [0.5, 0.6) is 0 Å². The lowest BCUT2D eigenvalue weighted by atomic mass is 9.96. The molecule has 1 saturated heterocycles. The van der Waals surface area contributed by atoms with Crippen LogP contribution in [0.15, 0.2) is 60.7 Å². The molecule has 1 atom stereocenters. The molecule has 8 heteroatoms. The molecule has 0 bridgehead atoms. The molecule has 1 fully saturated rings. The molecule has 6 rings (SSSR count). The first-order chi connectivity index (χ1) is 18.8. The molecule has 198 valence electrons. The molecule has 1 unspecified atom stereocenters. The molecule has 0 radical (unpaired) electrons. The molecule has 2 aliphatic heterocycles. The highest BCUT2D eigenvalue weighted by Gasteiger charge is 2.26. The van der Waals surface area contributed by atoms with Crippen LogP contribution in [0.3, 0.4) is 0 Å². The number of pyridine rings is 1. The van der Waals surface area contributed by atoms with E-state index in [0.717, 1.165) is 34.3 Å². The summed E-state index contributed by atoms with van der Waals surface area (Å²) in [5.41, 5.74) is 5.28. The first-order valence-electron chi connectivity index (χ1n) is 13.4. The van der Waals surface area contributed by atoms with Gasteiger partial charge in [0.2, 0.25) is 5.91 Å². The number of anilines is 1. The number of nitrogens with zero attached hydrogens (tertiary/aromatic N) is 2. The molecule has 1 aromatic heterocycles. The van der Waals surface area contributed by atoms with Gasteiger partial charge in [-0.2, -0.15) is 0 Å². The molecule has 39 heavy (non-hydrogen) atoms. The number of carbonyl (C=O) groups is 3. The molecular weight excluding hydrogens is 512 g/mol. The Balaban J connectivity index is 1.11. The van der Waals surface area contributed by atoms with Gasteiger partial charge >= 0.3 is 0 Å². The number of amides is 3. The van der Waals surface area contributed by atoms with Crippen LogP contribution in [-0.2, 0) is 11.2 Å². The number of hydrogen-bond donors (Lipinski definition) is 2. The maximum absolute atomic E-state index is 13.4. The summed E-state index contributed by atoms with van der Waals surface area (Å²) in [6, 6.07) is 12.6. The van der Waals surface area contributed by atoms with E-state index in [0.29, 0.717) is 59.9 Å². The molecule has 3 aromatic rings. The summed E-state index contributed by atoms with van der Waals surface area (Å²) in [4.78, 5) is 44.4. The van der Waals surface area contributed by atoms with E-state index >= 15 is 0 Å². The molecule has 0 spiro atoms. The van der Waals surface area contributed by atoms with E-state index in [1.165, 1.54) is 0 Å². The number of allylic oxidation sites excluding steroid dienone is 4. The number of nitrogens with one attached hydrogen (secondary N) is 2. The van der Waals surface area contributed by atoms with E-state index in [2.05, 4.69) is 35.8 Å². The monoisotopic (exact) mass is 540 g/mol. The summed E-state index contributed by atoms with van der Waals surface area (Å²) in [7, 11) is 0. The molecule has 3 amide bonds. The van der Waals surface area contributed by atoms with Gasteiger partial charge in [0, 0.05) is 41.3 Å². The van der Waals surface area contributed by atoms with Crippen LogP contribution in [-0.4, -0.2) is 46.7 Å². The second kappa shape index (κ2) is 10.3. The van der Waals surface area contributed by atoms with Gasteiger partial charge in [-0.15, -0.1) is 0 Å². The normalized spacial score (nSPS) is 19.0. The molecule has 2 aromatic carbocycles. The van der Waals surface area contributed by atoms with Gasteiger partial charge in [0.05, 0.1) is 22.7 Å². The van der Waals surface area contributed by atoms with Gasteiger partial charge in [-0.05, 0) is 72.7 Å². The van der Waals surface area contributed by atoms with Crippen molar-refractivity contribution in [3.63, 3.8) is 0 Å². The standard InChI is InChI=1S/C31H29ClN4O3/c1-18-2-4-19(5-3-18)27-17-25(32)24-8-6-21(15-28(24)34-27)31(39)36-12-10-23(11-13-36)33-30(38)20-7-9-26-22(14-20)16-29(37)35-26/h2,4-9,14-15,17-18,23H,3,10-13,16H2,1H3,(H,33,38)(H,35,37). The number of halogens is 1. The van der Waals surface area contributed by atoms with Gasteiger partial charge in [0.1, 0.15) is 0 Å². The minimum Gasteiger partial charge on any atom is -0.349 e. The van der Waals surface area contributed by atoms with Gasteiger partial charge in [-0.3, -0.25) is 14.4 Å². The van der Waals surface area contributed by atoms with Crippen molar-refractivity contribution < 1.29 is 14.4 Å². The van der Waals surface area contributed by atoms with Crippen LogP contribution in [0.4, 0.5) is 5.69 Å². The zero-order chi connectivity index (χ0) is 27.1. The Morgan fingerprint density at radius 2 is 1.87 bits per heavy atom. The van der Waals surface area contributed by atoms with Crippen molar-refractivity contribution >= 4 is 51.5 Å². The number of likely N-dealkylation sites (tertiary alicyclic amines) is 1. The third-order valence-corrected chi connectivity index (χ3v) is 8.04. The maximum atomic E-state index is 13.4. The Labute approximate surface area is 231 Å². The summed E-state index contributed by atoms with van der Waals surface area (Å²) >= 11 is 6.59. The smallest absolute Gasteiger partial charge is 0.253 e. The fourth-order valence-electron chi connectivity index (χ4n) is 5.43. The molecule has 1 aliphatic carbocycles. The number of piperidine rings is 1. The first kappa shape index (κ1) is 25.3. The summed E-state index contributed by atoms with van der Waals surface area (Å²) in [5.74, 6) is 0.243. The highest BCUT2D eigenvalue weighted by Crippen LogP contribution is 2.30. The van der Waals surface area contributed by atoms with Gasteiger partial charge < -0.3 is 15.5 Å². The third kappa shape index (κ3) is 5.19. The summed E-state index contributed by atoms with van der Waals surface area (Å²) < 4.78 is 0. The van der Waals surface area contributed by atoms with Crippen molar-refractivity contribution in [2.45, 2.75) is 38.6 Å². The topological polar surface area (TPSA) is 91.4 Å². The highest BCUT2D eigenvalue weighted by atomic mass is 35.5. The van der Waals surface area contributed by atoms with Crippen molar-refractivity contribution in [1.29, 1.82) is 0 Å². The Morgan fingerprint density at radius 1 is 1.08 bits per heavy atom. The molecule has 0 saturated carbocycles. The first-order valence-corrected chi connectivity index (χ1v) is 13.7. The Bertz CT molecular complexity index is 1570. The zero-order valence-electron chi connectivity index (χ0n) is 21.7. The number of rotatable bonds is 4. The molecule has 3 heterocycles. The van der Waals surface area contributed by atoms with Gasteiger partial charge in [-0.1, -0.05) is 42.8 Å². The minimum absolute atomic E-state index is 0.0197. The van der Waals surface area contributed by atoms with E-state index in [-0.39, 0.29) is 23.8 Å². The SMILES string of the molecule is CC1C=CC(c2cc(Cl)c3ccc(C(=O)N4CCC(NC(=O)c5ccc6c(c5)CC(=O)N6)CC4)cc3n2)=CC1. The van der Waals surface area contributed by atoms with Crippen molar-refractivity contribution in [3.8, 4) is 0 Å². The van der Waals surface area contributed by atoms with E-state index in [1.54, 1.807) is 24.3 Å². The Kier molecular flexibility index (Phi) is 6.69. The second-order valence-corrected chi connectivity index (χ2v) is 11.0. The lowest BCUT2D eigenvalue weighted by molar-refractivity contribution is -0.115. The quantitative estimate of drug-likeness (QED) is 0.464. The number of aromatic nitrogens is 1. The molecule has 2 N–H and O–H groups in total. The minimum atomic E-state index is -0.160. The van der Waals surface area contributed by atoms with Gasteiger partial charge in [0.25, 0.3) is 11.8 Å². The van der Waals surface area contributed by atoms with Crippen LogP contribution in [0, 0.1) is 5.92 Å². The van der Waals surface area contributed by atoms with E-state index in [9.17, 15) is 14.4 Å². The summed E-state index contributed by atoms with van der Waals surface area (Å²) in [5, 5.41) is 7.31. The largest absolute Gasteiger partial charge is 0.349 e. The number of carbonyl (C=O) groups excluding carboxylic acids is 3. The Morgan fingerprint density at radius 3 is 2.64 bits per heavy atom. The highest BCUT2D eigenvalue weighted by molar-refractivity contribution is 6.35. The van der Waals surface area contributed by atoms with Crippen LogP contribution >= 0.6 is 11.6 Å². The zero-order valence-corrected chi connectivity index (χ0v) is 22.4. The number of fused-ring (bicyclic) bond motifs is 2. The predicted molar refractivity (Wildman–Crippen MR) is 153 cm³/mol. The van der Waals surface area contributed by atoms with Crippen molar-refractivity contribution in [2.24, 2.45) is 5.92 Å². The van der Waals surface area contributed by atoms with Gasteiger partial charge in [-0.25, -0.2) is 4.98 Å². The van der Waals surface area contributed by atoms with E-state index in [1.807, 2.05) is 23.1 Å². The average molecular weight is 541 g/mol. The molecular formula is C31H29ClN4O3. The molecule has 7 nitrogen and oxygen atoms in total. The van der Waals surface area contributed by atoms with Crippen molar-refractivity contribution in [1.82, 2.24) is 15.2 Å². The lowest BCUT2D eigenvalue weighted by Gasteiger charge is -2.32. The second-order valence-electron chi connectivity index (χ2n) is 10.6. The fourth-order valence-corrected chi connectivity index (χ4v) is 5.70. The van der Waals surface area contributed by atoms with Crippen molar-refractivity contribution in [2.75, 3.05) is 18.4 Å². The Hall–Kier alpha value is -3.97.